The van der Waals surface area contributed by atoms with E-state index in [1.54, 1.807) is 6.07 Å². The maximum absolute atomic E-state index is 12.6. The molecule has 4 heteroatoms. The molecule has 4 aliphatic rings. The molecule has 0 saturated heterocycles. The minimum atomic E-state index is -0.0544. The van der Waals surface area contributed by atoms with Crippen LogP contribution in [0.2, 0.25) is 0 Å². The molecule has 1 N–H and O–H groups in total. The Labute approximate surface area is 161 Å². The lowest BCUT2D eigenvalue weighted by molar-refractivity contribution is 0.0910. The summed E-state index contributed by atoms with van der Waals surface area (Å²) in [5.74, 6) is 3.37. The zero-order valence-corrected chi connectivity index (χ0v) is 16.5. The second-order valence-electron chi connectivity index (χ2n) is 10.5. The molecular weight excluding hydrogens is 334 g/mol. The second kappa shape index (κ2) is 5.80. The predicted molar refractivity (Wildman–Crippen MR) is 105 cm³/mol. The molecule has 4 aliphatic carbocycles. The van der Waals surface area contributed by atoms with Crippen molar-refractivity contribution in [3.05, 3.63) is 22.9 Å². The highest BCUT2D eigenvalue weighted by Gasteiger charge is 2.52. The lowest BCUT2D eigenvalue weighted by Crippen LogP contribution is -2.41. The average Bonchev–Trinajstić information content (AvgIpc) is 2.73. The first-order valence-electron chi connectivity index (χ1n) is 10.6. The summed E-state index contributed by atoms with van der Waals surface area (Å²) in [4.78, 5) is 17.4. The van der Waals surface area contributed by atoms with Gasteiger partial charge in [-0.1, -0.05) is 33.1 Å². The van der Waals surface area contributed by atoms with Crippen molar-refractivity contribution in [3.63, 3.8) is 0 Å². The van der Waals surface area contributed by atoms with Gasteiger partial charge in [0.15, 0.2) is 5.78 Å². The van der Waals surface area contributed by atoms with Gasteiger partial charge in [0, 0.05) is 17.5 Å². The van der Waals surface area contributed by atoms with Crippen molar-refractivity contribution < 1.29 is 4.79 Å². The van der Waals surface area contributed by atoms with Crippen molar-refractivity contribution in [2.75, 3.05) is 5.32 Å². The Balaban J connectivity index is 1.51. The lowest BCUT2D eigenvalue weighted by Gasteiger charge is -2.39. The SMILES string of the molecule is CC1(C)CC(=O)c2cc(C#N)c(NC34CC5CCCC(C3)C(C5)C4)nc2C1. The first kappa shape index (κ1) is 17.2. The molecular formula is C23H29N3O. The molecule has 142 valence electrons. The molecule has 5 rings (SSSR count). The third kappa shape index (κ3) is 2.87. The van der Waals surface area contributed by atoms with Gasteiger partial charge < -0.3 is 5.32 Å². The summed E-state index contributed by atoms with van der Waals surface area (Å²) < 4.78 is 0. The fraction of sp³-hybridized carbons (Fsp3) is 0.696. The zero-order chi connectivity index (χ0) is 18.8. The van der Waals surface area contributed by atoms with Gasteiger partial charge in [0.2, 0.25) is 0 Å². The topological polar surface area (TPSA) is 65.8 Å². The molecule has 0 aliphatic heterocycles. The lowest BCUT2D eigenvalue weighted by atomic mass is 9.74. The first-order chi connectivity index (χ1) is 12.9. The summed E-state index contributed by atoms with van der Waals surface area (Å²) in [6.07, 6.45) is 10.5. The number of Topliss-reactive ketones (excluding diaryl/α,β-unsaturated/α-hetero) is 1. The Morgan fingerprint density at radius 1 is 1.19 bits per heavy atom. The number of nitrogens with zero attached hydrogens (tertiary/aromatic N) is 2. The Hall–Kier alpha value is -1.89. The van der Waals surface area contributed by atoms with Crippen LogP contribution < -0.4 is 5.32 Å². The molecule has 0 amide bonds. The van der Waals surface area contributed by atoms with Crippen molar-refractivity contribution in [1.82, 2.24) is 4.98 Å². The monoisotopic (exact) mass is 363 g/mol. The summed E-state index contributed by atoms with van der Waals surface area (Å²) in [7, 11) is 0. The maximum atomic E-state index is 12.6. The molecule has 1 heterocycles. The number of rotatable bonds is 2. The van der Waals surface area contributed by atoms with Gasteiger partial charge in [-0.05, 0) is 61.3 Å². The molecule has 4 nitrogen and oxygen atoms in total. The van der Waals surface area contributed by atoms with E-state index in [2.05, 4.69) is 25.2 Å². The number of fused-ring (bicyclic) bond motifs is 3. The van der Waals surface area contributed by atoms with Gasteiger partial charge in [0.05, 0.1) is 11.3 Å². The van der Waals surface area contributed by atoms with Gasteiger partial charge in [0.25, 0.3) is 0 Å². The molecule has 1 aromatic heterocycles. The average molecular weight is 364 g/mol. The second-order valence-corrected chi connectivity index (χ2v) is 10.5. The van der Waals surface area contributed by atoms with Crippen LogP contribution in [0.15, 0.2) is 6.07 Å². The molecule has 1 aromatic rings. The van der Waals surface area contributed by atoms with E-state index >= 15 is 0 Å². The Bertz CT molecular complexity index is 848. The standard InChI is InChI=1S/C23H29N3O/c1-22(2)11-19-18(20(27)12-22)7-17(13-24)21(25-19)26-23-8-14-4-3-5-15(9-23)16(6-14)10-23/h7,14-16H,3-6,8-12H2,1-2H3,(H,25,26). The van der Waals surface area contributed by atoms with Crippen LogP contribution >= 0.6 is 0 Å². The van der Waals surface area contributed by atoms with Gasteiger partial charge in [-0.25, -0.2) is 4.98 Å². The molecule has 3 fully saturated rings. The van der Waals surface area contributed by atoms with E-state index in [0.717, 1.165) is 35.7 Å². The van der Waals surface area contributed by atoms with Crippen molar-refractivity contribution >= 4 is 11.6 Å². The fourth-order valence-corrected chi connectivity index (χ4v) is 6.71. The number of carbonyl (C=O) groups is 1. The third-order valence-electron chi connectivity index (χ3n) is 7.67. The zero-order valence-electron chi connectivity index (χ0n) is 16.5. The molecule has 4 atom stereocenters. The fourth-order valence-electron chi connectivity index (χ4n) is 6.71. The predicted octanol–water partition coefficient (Wildman–Crippen LogP) is 4.88. The van der Waals surface area contributed by atoms with Crippen molar-refractivity contribution in [1.29, 1.82) is 5.26 Å². The maximum Gasteiger partial charge on any atom is 0.165 e. The molecule has 3 bridgehead atoms. The first-order valence-corrected chi connectivity index (χ1v) is 10.6. The normalized spacial score (nSPS) is 36.0. The van der Waals surface area contributed by atoms with Crippen LogP contribution in [0.1, 0.15) is 86.8 Å². The summed E-state index contributed by atoms with van der Waals surface area (Å²) in [5.41, 5.74) is 2.13. The van der Waals surface area contributed by atoms with E-state index < -0.39 is 0 Å². The van der Waals surface area contributed by atoms with Crippen molar-refractivity contribution in [3.8, 4) is 6.07 Å². The molecule has 0 radical (unpaired) electrons. The Kier molecular flexibility index (Phi) is 3.70. The smallest absolute Gasteiger partial charge is 0.165 e. The summed E-state index contributed by atoms with van der Waals surface area (Å²) in [6.45, 7) is 4.26. The quantitative estimate of drug-likeness (QED) is 0.813. The van der Waals surface area contributed by atoms with Crippen LogP contribution in [0.4, 0.5) is 5.82 Å². The van der Waals surface area contributed by atoms with E-state index in [1.165, 1.54) is 44.9 Å². The van der Waals surface area contributed by atoms with E-state index in [-0.39, 0.29) is 16.7 Å². The van der Waals surface area contributed by atoms with Gasteiger partial charge in [-0.3, -0.25) is 4.79 Å². The number of ketones is 1. The number of aromatic nitrogens is 1. The summed E-state index contributed by atoms with van der Waals surface area (Å²) >= 11 is 0. The number of hydrogen-bond donors (Lipinski definition) is 1. The van der Waals surface area contributed by atoms with Crippen LogP contribution in [-0.2, 0) is 6.42 Å². The number of carbonyl (C=O) groups excluding carboxylic acids is 1. The number of nitriles is 1. The number of hydrogen-bond acceptors (Lipinski definition) is 4. The van der Waals surface area contributed by atoms with Gasteiger partial charge in [-0.2, -0.15) is 5.26 Å². The molecule has 0 aromatic carbocycles. The van der Waals surface area contributed by atoms with E-state index in [0.29, 0.717) is 17.5 Å². The number of pyridine rings is 1. The minimum Gasteiger partial charge on any atom is -0.363 e. The molecule has 27 heavy (non-hydrogen) atoms. The highest BCUT2D eigenvalue weighted by molar-refractivity contribution is 5.99. The highest BCUT2D eigenvalue weighted by Crippen LogP contribution is 2.56. The molecule has 3 saturated carbocycles. The highest BCUT2D eigenvalue weighted by atomic mass is 16.1. The number of nitrogens with one attached hydrogen (secondary N) is 1. The Morgan fingerprint density at radius 2 is 2.00 bits per heavy atom. The van der Waals surface area contributed by atoms with Gasteiger partial charge in [0.1, 0.15) is 11.9 Å². The third-order valence-corrected chi connectivity index (χ3v) is 7.67. The van der Waals surface area contributed by atoms with Crippen molar-refractivity contribution in [2.45, 2.75) is 77.2 Å². The largest absolute Gasteiger partial charge is 0.363 e. The van der Waals surface area contributed by atoms with E-state index in [9.17, 15) is 10.1 Å². The molecule has 0 spiro atoms. The van der Waals surface area contributed by atoms with Crippen LogP contribution in [0, 0.1) is 34.5 Å². The van der Waals surface area contributed by atoms with E-state index in [1.807, 2.05) is 0 Å². The summed E-state index contributed by atoms with van der Waals surface area (Å²) in [5, 5.41) is 13.5. The van der Waals surface area contributed by atoms with Gasteiger partial charge >= 0.3 is 0 Å². The van der Waals surface area contributed by atoms with Crippen LogP contribution in [0.25, 0.3) is 0 Å². The summed E-state index contributed by atoms with van der Waals surface area (Å²) in [6, 6.07) is 4.11. The van der Waals surface area contributed by atoms with Crippen molar-refractivity contribution in [2.24, 2.45) is 23.2 Å². The Morgan fingerprint density at radius 3 is 2.81 bits per heavy atom. The minimum absolute atomic E-state index is 0.0544. The van der Waals surface area contributed by atoms with Crippen LogP contribution in [0.5, 0.6) is 0 Å². The molecule has 4 unspecified atom stereocenters. The number of anilines is 1. The van der Waals surface area contributed by atoms with E-state index in [4.69, 9.17) is 4.98 Å². The van der Waals surface area contributed by atoms with Gasteiger partial charge in [-0.15, -0.1) is 0 Å². The van der Waals surface area contributed by atoms with Crippen LogP contribution in [-0.4, -0.2) is 16.3 Å². The van der Waals surface area contributed by atoms with Crippen LogP contribution in [0.3, 0.4) is 0 Å².